The number of nitrogens with two attached hydrogens (primary N) is 1. The van der Waals surface area contributed by atoms with Crippen molar-refractivity contribution in [2.24, 2.45) is 5.73 Å². The Kier molecular flexibility index (Phi) is 6.47. The van der Waals surface area contributed by atoms with Crippen LogP contribution in [0.2, 0.25) is 0 Å². The van der Waals surface area contributed by atoms with Crippen LogP contribution < -0.4 is 11.4 Å². The Morgan fingerprint density at radius 1 is 1.18 bits per heavy atom. The summed E-state index contributed by atoms with van der Waals surface area (Å²) in [4.78, 5) is 21.8. The van der Waals surface area contributed by atoms with Crippen LogP contribution in [0.4, 0.5) is 4.39 Å². The van der Waals surface area contributed by atoms with Gasteiger partial charge in [0.1, 0.15) is 12.1 Å². The molecule has 0 atom stereocenters. The smallest absolute Gasteiger partial charge is 0.339 e. The minimum atomic E-state index is -0.435. The van der Waals surface area contributed by atoms with E-state index in [0.29, 0.717) is 35.5 Å². The second-order valence-electron chi connectivity index (χ2n) is 7.60. The van der Waals surface area contributed by atoms with Crippen molar-refractivity contribution in [1.82, 2.24) is 29.5 Å². The Morgan fingerprint density at radius 2 is 1.97 bits per heavy atom. The summed E-state index contributed by atoms with van der Waals surface area (Å²) in [6.45, 7) is -0.0173. The standard InChI is InChI=1S/C22H20FN7O2.ClH/c23-10-14(11-24)12-30-22(31)29(13-25-30)19-6-2-5-18(26-19)16-3-1-4-17(9-16)20-27-21(32-28-20)15-7-8-15;/h1-6,9-10,13,15H,7-8,11-12,24H2;1H/b14-10+;. The van der Waals surface area contributed by atoms with Crippen molar-refractivity contribution < 1.29 is 8.91 Å². The van der Waals surface area contributed by atoms with Crippen LogP contribution in [-0.2, 0) is 6.54 Å². The van der Waals surface area contributed by atoms with Crippen molar-refractivity contribution in [2.75, 3.05) is 6.54 Å². The van der Waals surface area contributed by atoms with Gasteiger partial charge in [-0.1, -0.05) is 29.4 Å². The lowest BCUT2D eigenvalue weighted by Gasteiger charge is -2.06. The first-order chi connectivity index (χ1) is 15.7. The van der Waals surface area contributed by atoms with Gasteiger partial charge >= 0.3 is 5.69 Å². The van der Waals surface area contributed by atoms with E-state index < -0.39 is 5.69 Å². The molecule has 0 unspecified atom stereocenters. The molecule has 0 aliphatic heterocycles. The summed E-state index contributed by atoms with van der Waals surface area (Å²) in [5.41, 5.74) is 7.63. The van der Waals surface area contributed by atoms with E-state index in [1.165, 1.54) is 10.9 Å². The van der Waals surface area contributed by atoms with Gasteiger partial charge < -0.3 is 10.3 Å². The van der Waals surface area contributed by atoms with E-state index >= 15 is 0 Å². The van der Waals surface area contributed by atoms with Gasteiger partial charge in [0, 0.05) is 23.6 Å². The van der Waals surface area contributed by atoms with Crippen LogP contribution in [0.3, 0.4) is 0 Å². The van der Waals surface area contributed by atoms with Crippen LogP contribution in [0.5, 0.6) is 0 Å². The fourth-order valence-electron chi connectivity index (χ4n) is 3.32. The number of rotatable bonds is 7. The van der Waals surface area contributed by atoms with Gasteiger partial charge in [0.2, 0.25) is 11.7 Å². The third-order valence-corrected chi connectivity index (χ3v) is 5.27. The molecular formula is C22H21ClFN7O2. The molecule has 0 saturated heterocycles. The Morgan fingerprint density at radius 3 is 2.73 bits per heavy atom. The molecule has 4 aromatic rings. The number of benzene rings is 1. The molecule has 1 saturated carbocycles. The first-order valence-corrected chi connectivity index (χ1v) is 10.2. The topological polar surface area (TPSA) is 118 Å². The Labute approximate surface area is 194 Å². The minimum absolute atomic E-state index is 0. The second kappa shape index (κ2) is 9.47. The van der Waals surface area contributed by atoms with Crippen LogP contribution in [0.1, 0.15) is 24.7 Å². The van der Waals surface area contributed by atoms with E-state index in [-0.39, 0.29) is 31.1 Å². The molecule has 2 N–H and O–H groups in total. The van der Waals surface area contributed by atoms with Crippen molar-refractivity contribution in [3.8, 4) is 28.5 Å². The van der Waals surface area contributed by atoms with E-state index in [2.05, 4.69) is 20.2 Å². The van der Waals surface area contributed by atoms with Crippen molar-refractivity contribution in [2.45, 2.75) is 25.3 Å². The monoisotopic (exact) mass is 469 g/mol. The fourth-order valence-corrected chi connectivity index (χ4v) is 3.32. The van der Waals surface area contributed by atoms with Crippen LogP contribution in [-0.4, -0.2) is 36.0 Å². The van der Waals surface area contributed by atoms with Gasteiger partial charge in [-0.05, 0) is 36.6 Å². The lowest BCUT2D eigenvalue weighted by molar-refractivity contribution is 0.380. The van der Waals surface area contributed by atoms with Crippen molar-refractivity contribution in [3.05, 3.63) is 77.1 Å². The van der Waals surface area contributed by atoms with Gasteiger partial charge in [-0.3, -0.25) is 0 Å². The number of aromatic nitrogens is 6. The molecule has 11 heteroatoms. The van der Waals surface area contributed by atoms with Crippen LogP contribution >= 0.6 is 12.4 Å². The van der Waals surface area contributed by atoms with Crippen molar-refractivity contribution in [1.29, 1.82) is 0 Å². The van der Waals surface area contributed by atoms with Crippen molar-refractivity contribution in [3.63, 3.8) is 0 Å². The molecular weight excluding hydrogens is 449 g/mol. The maximum Gasteiger partial charge on any atom is 0.351 e. The highest BCUT2D eigenvalue weighted by Crippen LogP contribution is 2.39. The summed E-state index contributed by atoms with van der Waals surface area (Å²) in [5, 5.41) is 8.14. The fraction of sp³-hybridized carbons (Fsp3) is 0.227. The molecule has 0 amide bonds. The molecule has 0 spiro atoms. The molecule has 1 fully saturated rings. The van der Waals surface area contributed by atoms with E-state index in [4.69, 9.17) is 10.3 Å². The van der Waals surface area contributed by atoms with Crippen molar-refractivity contribution >= 4 is 12.4 Å². The van der Waals surface area contributed by atoms with E-state index in [9.17, 15) is 9.18 Å². The molecule has 33 heavy (non-hydrogen) atoms. The Hall–Kier alpha value is -3.63. The van der Waals surface area contributed by atoms with Gasteiger partial charge in [-0.25, -0.2) is 23.4 Å². The molecule has 3 aromatic heterocycles. The zero-order chi connectivity index (χ0) is 22.1. The van der Waals surface area contributed by atoms with Gasteiger partial charge in [0.25, 0.3) is 0 Å². The maximum atomic E-state index is 12.8. The van der Waals surface area contributed by atoms with Gasteiger partial charge in [0.05, 0.1) is 18.6 Å². The van der Waals surface area contributed by atoms with Gasteiger partial charge in [0.15, 0.2) is 0 Å². The number of hydrogen-bond acceptors (Lipinski definition) is 7. The first kappa shape index (κ1) is 22.6. The molecule has 1 aliphatic rings. The molecule has 1 aromatic carbocycles. The Bertz CT molecular complexity index is 1360. The van der Waals surface area contributed by atoms with Crippen LogP contribution in [0.25, 0.3) is 28.5 Å². The summed E-state index contributed by atoms with van der Waals surface area (Å²) < 4.78 is 20.6. The molecule has 5 rings (SSSR count). The summed E-state index contributed by atoms with van der Waals surface area (Å²) in [6.07, 6.45) is 3.93. The van der Waals surface area contributed by atoms with E-state index in [1.807, 2.05) is 30.3 Å². The predicted molar refractivity (Wildman–Crippen MR) is 122 cm³/mol. The second-order valence-corrected chi connectivity index (χ2v) is 7.60. The maximum absolute atomic E-state index is 12.8. The lowest BCUT2D eigenvalue weighted by Crippen LogP contribution is -2.26. The summed E-state index contributed by atoms with van der Waals surface area (Å²) in [5.74, 6) is 2.01. The third-order valence-electron chi connectivity index (χ3n) is 5.27. The molecule has 1 aliphatic carbocycles. The van der Waals surface area contributed by atoms with Crippen LogP contribution in [0, 0.1) is 0 Å². The summed E-state index contributed by atoms with van der Waals surface area (Å²) in [6, 6.07) is 13.0. The average Bonchev–Trinajstić information content (AvgIpc) is 3.45. The number of hydrogen-bond donors (Lipinski definition) is 1. The highest BCUT2D eigenvalue weighted by molar-refractivity contribution is 5.85. The quantitative estimate of drug-likeness (QED) is 0.441. The zero-order valence-corrected chi connectivity index (χ0v) is 18.3. The van der Waals surface area contributed by atoms with Crippen LogP contribution in [0.15, 0.2) is 70.0 Å². The largest absolute Gasteiger partial charge is 0.351 e. The van der Waals surface area contributed by atoms with Gasteiger partial charge in [-0.15, -0.1) is 12.4 Å². The first-order valence-electron chi connectivity index (χ1n) is 10.2. The molecule has 0 bridgehead atoms. The highest BCUT2D eigenvalue weighted by Gasteiger charge is 2.29. The normalized spacial score (nSPS) is 13.7. The van der Waals surface area contributed by atoms with Gasteiger partial charge in [-0.2, -0.15) is 10.1 Å². The summed E-state index contributed by atoms with van der Waals surface area (Å²) in [7, 11) is 0. The molecule has 170 valence electrons. The average molecular weight is 470 g/mol. The summed E-state index contributed by atoms with van der Waals surface area (Å²) >= 11 is 0. The molecule has 3 heterocycles. The number of nitrogens with zero attached hydrogens (tertiary/aromatic N) is 6. The third kappa shape index (κ3) is 4.62. The number of pyridine rings is 1. The SMILES string of the molecule is Cl.NC/C(=C\F)Cn1ncn(-c2cccc(-c3cccc(-c4noc(C5CC5)n4)c3)n2)c1=O. The number of halogens is 2. The Balaban J connectivity index is 0.00000259. The highest BCUT2D eigenvalue weighted by atomic mass is 35.5. The van der Waals surface area contributed by atoms with E-state index in [1.54, 1.807) is 12.1 Å². The minimum Gasteiger partial charge on any atom is -0.339 e. The van der Waals surface area contributed by atoms with E-state index in [0.717, 1.165) is 28.7 Å². The zero-order valence-electron chi connectivity index (χ0n) is 17.5. The predicted octanol–water partition coefficient (Wildman–Crippen LogP) is 3.26. The molecule has 0 radical (unpaired) electrons. The lowest BCUT2D eigenvalue weighted by atomic mass is 10.1. The molecule has 9 nitrogen and oxygen atoms in total.